The molecule has 0 aromatic carbocycles. The molecule has 3 rings (SSSR count). The first-order valence-electron chi connectivity index (χ1n) is 5.34. The molecular formula is C9H13ClN4O. The van der Waals surface area contributed by atoms with Crippen molar-refractivity contribution < 1.29 is 4.74 Å². The summed E-state index contributed by atoms with van der Waals surface area (Å²) in [6.45, 7) is 0.813. The molecule has 0 amide bonds. The molecule has 6 heteroatoms. The van der Waals surface area contributed by atoms with Crippen molar-refractivity contribution in [3.8, 4) is 0 Å². The second kappa shape index (κ2) is 3.72. The largest absolute Gasteiger partial charge is 0.376 e. The van der Waals surface area contributed by atoms with Gasteiger partial charge in [-0.2, -0.15) is 0 Å². The molecular weight excluding hydrogens is 216 g/mol. The molecule has 2 unspecified atom stereocenters. The van der Waals surface area contributed by atoms with Gasteiger partial charge in [-0.3, -0.25) is 0 Å². The summed E-state index contributed by atoms with van der Waals surface area (Å²) in [5.41, 5.74) is 0. The Kier molecular flexibility index (Phi) is 2.36. The summed E-state index contributed by atoms with van der Waals surface area (Å²) in [4.78, 5) is 0. The molecule has 0 spiro atoms. The average Bonchev–Trinajstić information content (AvgIpc) is 2.83. The average molecular weight is 229 g/mol. The van der Waals surface area contributed by atoms with Crippen molar-refractivity contribution in [2.75, 3.05) is 6.61 Å². The molecule has 5 nitrogen and oxygen atoms in total. The lowest BCUT2D eigenvalue weighted by atomic mass is 10.1. The summed E-state index contributed by atoms with van der Waals surface area (Å²) >= 11 is 5.79. The zero-order valence-electron chi connectivity index (χ0n) is 8.34. The molecule has 0 bridgehead atoms. The third-order valence-electron chi connectivity index (χ3n) is 3.18. The normalized spacial score (nSPS) is 31.0. The highest BCUT2D eigenvalue weighted by atomic mass is 35.5. The molecule has 1 saturated heterocycles. The topological polar surface area (TPSA) is 52.8 Å². The van der Waals surface area contributed by atoms with E-state index in [2.05, 4.69) is 15.5 Å². The van der Waals surface area contributed by atoms with Crippen molar-refractivity contribution in [2.45, 2.75) is 37.3 Å². The van der Waals surface area contributed by atoms with Gasteiger partial charge in [-0.05, 0) is 35.6 Å². The van der Waals surface area contributed by atoms with Crippen LogP contribution in [0.5, 0.6) is 0 Å². The minimum absolute atomic E-state index is 0.293. The Bertz CT molecular complexity index is 352. The van der Waals surface area contributed by atoms with Gasteiger partial charge in [0.1, 0.15) is 0 Å². The van der Waals surface area contributed by atoms with E-state index in [0.29, 0.717) is 23.9 Å². The molecule has 1 aliphatic carbocycles. The van der Waals surface area contributed by atoms with Crippen molar-refractivity contribution in [1.82, 2.24) is 20.2 Å². The molecule has 1 aliphatic heterocycles. The molecule has 2 heterocycles. The van der Waals surface area contributed by atoms with E-state index >= 15 is 0 Å². The number of ether oxygens (including phenoxy) is 1. The van der Waals surface area contributed by atoms with Crippen LogP contribution in [0.15, 0.2) is 0 Å². The van der Waals surface area contributed by atoms with Gasteiger partial charge < -0.3 is 4.74 Å². The second-order valence-corrected chi connectivity index (χ2v) is 4.47. The standard InChI is InChI=1S/C9H13ClN4O/c10-5-8-11-12-13-14(8)7-3-4-15-9(7)6-1-2-6/h6-7,9H,1-5H2. The molecule has 2 aliphatic rings. The summed E-state index contributed by atoms with van der Waals surface area (Å²) in [5, 5.41) is 11.6. The summed E-state index contributed by atoms with van der Waals surface area (Å²) in [7, 11) is 0. The van der Waals surface area contributed by atoms with Crippen LogP contribution in [0.25, 0.3) is 0 Å². The number of alkyl halides is 1. The Morgan fingerprint density at radius 3 is 3.00 bits per heavy atom. The maximum Gasteiger partial charge on any atom is 0.166 e. The van der Waals surface area contributed by atoms with Crippen LogP contribution in [0.2, 0.25) is 0 Å². The minimum Gasteiger partial charge on any atom is -0.376 e. The van der Waals surface area contributed by atoms with Crippen LogP contribution in [0, 0.1) is 5.92 Å². The van der Waals surface area contributed by atoms with E-state index in [0.717, 1.165) is 18.9 Å². The Balaban J connectivity index is 1.85. The van der Waals surface area contributed by atoms with Crippen LogP contribution in [0.4, 0.5) is 0 Å². The molecule has 82 valence electrons. The molecule has 0 radical (unpaired) electrons. The highest BCUT2D eigenvalue weighted by molar-refractivity contribution is 6.16. The monoisotopic (exact) mass is 228 g/mol. The molecule has 0 N–H and O–H groups in total. The SMILES string of the molecule is ClCc1nnnn1C1CCOC1C1CC1. The van der Waals surface area contributed by atoms with Crippen molar-refractivity contribution >= 4 is 11.6 Å². The molecule has 1 aromatic heterocycles. The van der Waals surface area contributed by atoms with Gasteiger partial charge in [0, 0.05) is 6.61 Å². The minimum atomic E-state index is 0.293. The second-order valence-electron chi connectivity index (χ2n) is 4.20. The highest BCUT2D eigenvalue weighted by Gasteiger charge is 2.42. The lowest BCUT2D eigenvalue weighted by Crippen LogP contribution is -2.24. The van der Waals surface area contributed by atoms with Crippen LogP contribution in [-0.4, -0.2) is 32.9 Å². The number of tetrazole rings is 1. The Morgan fingerprint density at radius 1 is 1.40 bits per heavy atom. The van der Waals surface area contributed by atoms with Gasteiger partial charge >= 0.3 is 0 Å². The number of nitrogens with zero attached hydrogens (tertiary/aromatic N) is 4. The van der Waals surface area contributed by atoms with Crippen molar-refractivity contribution in [3.63, 3.8) is 0 Å². The fourth-order valence-electron chi connectivity index (χ4n) is 2.29. The summed E-state index contributed by atoms with van der Waals surface area (Å²) in [6.07, 6.45) is 3.85. The lowest BCUT2D eigenvalue weighted by molar-refractivity contribution is 0.0716. The maximum atomic E-state index is 5.79. The van der Waals surface area contributed by atoms with Gasteiger partial charge in [0.05, 0.1) is 18.0 Å². The number of aromatic nitrogens is 4. The Morgan fingerprint density at radius 2 is 2.27 bits per heavy atom. The zero-order chi connectivity index (χ0) is 10.3. The first kappa shape index (κ1) is 9.54. The van der Waals surface area contributed by atoms with Gasteiger partial charge in [0.25, 0.3) is 0 Å². The van der Waals surface area contributed by atoms with Crippen LogP contribution < -0.4 is 0 Å². The first-order valence-corrected chi connectivity index (χ1v) is 5.88. The fourth-order valence-corrected chi connectivity index (χ4v) is 2.47. The van der Waals surface area contributed by atoms with Crippen molar-refractivity contribution in [3.05, 3.63) is 5.82 Å². The first-order chi connectivity index (χ1) is 7.40. The molecule has 1 saturated carbocycles. The lowest BCUT2D eigenvalue weighted by Gasteiger charge is -2.18. The van der Waals surface area contributed by atoms with E-state index in [-0.39, 0.29) is 0 Å². The Hall–Kier alpha value is -0.680. The highest BCUT2D eigenvalue weighted by Crippen LogP contribution is 2.43. The summed E-state index contributed by atoms with van der Waals surface area (Å²) in [5.74, 6) is 1.82. The van der Waals surface area contributed by atoms with Crippen LogP contribution >= 0.6 is 11.6 Å². The molecule has 1 aromatic rings. The Labute approximate surface area is 92.7 Å². The van der Waals surface area contributed by atoms with E-state index in [9.17, 15) is 0 Å². The van der Waals surface area contributed by atoms with E-state index < -0.39 is 0 Å². The third kappa shape index (κ3) is 1.63. The number of rotatable bonds is 3. The van der Waals surface area contributed by atoms with Crippen molar-refractivity contribution in [2.24, 2.45) is 5.92 Å². The van der Waals surface area contributed by atoms with E-state index in [1.807, 2.05) is 4.68 Å². The predicted molar refractivity (Wildman–Crippen MR) is 53.5 cm³/mol. The molecule has 2 atom stereocenters. The van der Waals surface area contributed by atoms with Crippen LogP contribution in [0.1, 0.15) is 31.1 Å². The van der Waals surface area contributed by atoms with Gasteiger partial charge in [0.15, 0.2) is 5.82 Å². The van der Waals surface area contributed by atoms with E-state index in [1.54, 1.807) is 0 Å². The van der Waals surface area contributed by atoms with Gasteiger partial charge in [0.2, 0.25) is 0 Å². The predicted octanol–water partition coefficient (Wildman–Crippen LogP) is 1.15. The fraction of sp³-hybridized carbons (Fsp3) is 0.889. The van der Waals surface area contributed by atoms with E-state index in [4.69, 9.17) is 16.3 Å². The van der Waals surface area contributed by atoms with Crippen molar-refractivity contribution in [1.29, 1.82) is 0 Å². The van der Waals surface area contributed by atoms with Crippen LogP contribution in [0.3, 0.4) is 0 Å². The maximum absolute atomic E-state index is 5.79. The van der Waals surface area contributed by atoms with Gasteiger partial charge in [-0.15, -0.1) is 16.7 Å². The molecule has 15 heavy (non-hydrogen) atoms. The quantitative estimate of drug-likeness (QED) is 0.729. The smallest absolute Gasteiger partial charge is 0.166 e. The van der Waals surface area contributed by atoms with E-state index in [1.165, 1.54) is 12.8 Å². The zero-order valence-corrected chi connectivity index (χ0v) is 9.10. The van der Waals surface area contributed by atoms with Crippen LogP contribution in [-0.2, 0) is 10.6 Å². The number of hydrogen-bond donors (Lipinski definition) is 0. The number of hydrogen-bond acceptors (Lipinski definition) is 4. The number of halogens is 1. The van der Waals surface area contributed by atoms with Gasteiger partial charge in [-0.25, -0.2) is 4.68 Å². The summed E-state index contributed by atoms with van der Waals surface area (Å²) in [6, 6.07) is 0.293. The molecule has 2 fully saturated rings. The summed E-state index contributed by atoms with van der Waals surface area (Å²) < 4.78 is 7.60. The third-order valence-corrected chi connectivity index (χ3v) is 3.42. The van der Waals surface area contributed by atoms with Gasteiger partial charge in [-0.1, -0.05) is 0 Å².